The second kappa shape index (κ2) is 6.98. The molecular formula is C16H19N3O3. The molecule has 0 fully saturated rings. The van der Waals surface area contributed by atoms with Gasteiger partial charge in [-0.2, -0.15) is 0 Å². The number of methoxy groups -OCH3 is 1. The van der Waals surface area contributed by atoms with Gasteiger partial charge in [0.05, 0.1) is 24.1 Å². The Labute approximate surface area is 129 Å². The van der Waals surface area contributed by atoms with E-state index in [0.29, 0.717) is 16.9 Å². The van der Waals surface area contributed by atoms with Gasteiger partial charge >= 0.3 is 5.97 Å². The van der Waals surface area contributed by atoms with Gasteiger partial charge in [0.2, 0.25) is 0 Å². The molecule has 0 amide bonds. The van der Waals surface area contributed by atoms with Gasteiger partial charge in [0, 0.05) is 5.92 Å². The molecule has 0 spiro atoms. The standard InChI is InChI=1S/C16H19N3O3/c1-4-11(5-2)15-14(10-20)17-18-19(15)13-8-6-7-12(9-13)16(21)22-3/h6-11H,4-5H2,1-3H3. The molecule has 0 saturated carbocycles. The third kappa shape index (κ3) is 2.90. The number of carbonyl (C=O) groups excluding carboxylic acids is 2. The van der Waals surface area contributed by atoms with Gasteiger partial charge in [-0.05, 0) is 31.0 Å². The summed E-state index contributed by atoms with van der Waals surface area (Å²) in [7, 11) is 1.34. The van der Waals surface area contributed by atoms with Crippen LogP contribution in [0.4, 0.5) is 0 Å². The van der Waals surface area contributed by atoms with Crippen LogP contribution in [0.3, 0.4) is 0 Å². The lowest BCUT2D eigenvalue weighted by Crippen LogP contribution is -2.10. The Kier molecular flexibility index (Phi) is 5.04. The van der Waals surface area contributed by atoms with Crippen LogP contribution >= 0.6 is 0 Å². The summed E-state index contributed by atoms with van der Waals surface area (Å²) in [5.74, 6) is -0.237. The lowest BCUT2D eigenvalue weighted by atomic mass is 9.97. The molecule has 116 valence electrons. The molecule has 1 heterocycles. The monoisotopic (exact) mass is 301 g/mol. The number of hydrogen-bond donors (Lipinski definition) is 0. The number of aldehydes is 1. The van der Waals surface area contributed by atoms with E-state index in [1.165, 1.54) is 7.11 Å². The van der Waals surface area contributed by atoms with Gasteiger partial charge < -0.3 is 4.74 Å². The van der Waals surface area contributed by atoms with E-state index in [-0.39, 0.29) is 5.92 Å². The van der Waals surface area contributed by atoms with Crippen molar-refractivity contribution >= 4 is 12.3 Å². The predicted octanol–water partition coefficient (Wildman–Crippen LogP) is 2.77. The van der Waals surface area contributed by atoms with E-state index in [0.717, 1.165) is 24.8 Å². The van der Waals surface area contributed by atoms with E-state index in [4.69, 9.17) is 4.74 Å². The first-order valence-electron chi connectivity index (χ1n) is 7.25. The first kappa shape index (κ1) is 15.9. The van der Waals surface area contributed by atoms with Crippen LogP contribution in [-0.4, -0.2) is 34.4 Å². The van der Waals surface area contributed by atoms with E-state index in [1.807, 2.05) is 6.07 Å². The molecule has 6 nitrogen and oxygen atoms in total. The van der Waals surface area contributed by atoms with Gasteiger partial charge in [0.25, 0.3) is 0 Å². The van der Waals surface area contributed by atoms with E-state index >= 15 is 0 Å². The minimum absolute atomic E-state index is 0.178. The summed E-state index contributed by atoms with van der Waals surface area (Å²) in [6.07, 6.45) is 2.48. The highest BCUT2D eigenvalue weighted by Gasteiger charge is 2.21. The van der Waals surface area contributed by atoms with Crippen LogP contribution in [0.1, 0.15) is 59.1 Å². The summed E-state index contributed by atoms with van der Waals surface area (Å²) in [6, 6.07) is 6.92. The van der Waals surface area contributed by atoms with Crippen LogP contribution in [0.2, 0.25) is 0 Å². The van der Waals surface area contributed by atoms with Gasteiger partial charge in [0.15, 0.2) is 6.29 Å². The fraction of sp³-hybridized carbons (Fsp3) is 0.375. The zero-order valence-corrected chi connectivity index (χ0v) is 12.9. The highest BCUT2D eigenvalue weighted by molar-refractivity contribution is 5.89. The zero-order valence-electron chi connectivity index (χ0n) is 12.9. The molecule has 0 radical (unpaired) electrons. The summed E-state index contributed by atoms with van der Waals surface area (Å²) in [5.41, 5.74) is 2.24. The number of aromatic nitrogens is 3. The smallest absolute Gasteiger partial charge is 0.337 e. The van der Waals surface area contributed by atoms with Crippen LogP contribution < -0.4 is 0 Å². The molecule has 22 heavy (non-hydrogen) atoms. The first-order valence-corrected chi connectivity index (χ1v) is 7.25. The van der Waals surface area contributed by atoms with Crippen molar-refractivity contribution in [1.29, 1.82) is 0 Å². The van der Waals surface area contributed by atoms with Crippen molar-refractivity contribution < 1.29 is 14.3 Å². The maximum Gasteiger partial charge on any atom is 0.337 e. The number of ether oxygens (including phenoxy) is 1. The molecular weight excluding hydrogens is 282 g/mol. The highest BCUT2D eigenvalue weighted by Crippen LogP contribution is 2.27. The van der Waals surface area contributed by atoms with Crippen molar-refractivity contribution in [2.75, 3.05) is 7.11 Å². The predicted molar refractivity (Wildman–Crippen MR) is 81.4 cm³/mol. The minimum Gasteiger partial charge on any atom is -0.465 e. The first-order chi connectivity index (χ1) is 10.7. The molecule has 0 unspecified atom stereocenters. The lowest BCUT2D eigenvalue weighted by Gasteiger charge is -2.15. The maximum absolute atomic E-state index is 11.7. The van der Waals surface area contributed by atoms with Crippen LogP contribution in [0.15, 0.2) is 24.3 Å². The summed E-state index contributed by atoms with van der Waals surface area (Å²) < 4.78 is 6.37. The second-order valence-electron chi connectivity index (χ2n) is 4.94. The third-order valence-electron chi connectivity index (χ3n) is 3.73. The average Bonchev–Trinajstić information content (AvgIpc) is 2.99. The van der Waals surface area contributed by atoms with Crippen molar-refractivity contribution in [3.8, 4) is 5.69 Å². The molecule has 0 atom stereocenters. The van der Waals surface area contributed by atoms with Crippen molar-refractivity contribution in [2.45, 2.75) is 32.6 Å². The molecule has 0 aliphatic heterocycles. The SMILES string of the molecule is CCC(CC)c1c(C=O)nnn1-c1cccc(C(=O)OC)c1. The van der Waals surface area contributed by atoms with Crippen molar-refractivity contribution in [2.24, 2.45) is 0 Å². The van der Waals surface area contributed by atoms with Gasteiger partial charge in [-0.3, -0.25) is 4.79 Å². The van der Waals surface area contributed by atoms with Gasteiger partial charge in [-0.25, -0.2) is 9.48 Å². The average molecular weight is 301 g/mol. The van der Waals surface area contributed by atoms with Gasteiger partial charge in [0.1, 0.15) is 5.69 Å². The summed E-state index contributed by atoms with van der Waals surface area (Å²) >= 11 is 0. The van der Waals surface area contributed by atoms with E-state index in [1.54, 1.807) is 22.9 Å². The van der Waals surface area contributed by atoms with Gasteiger partial charge in [-0.15, -0.1) is 5.10 Å². The molecule has 0 saturated heterocycles. The molecule has 1 aromatic carbocycles. The highest BCUT2D eigenvalue weighted by atomic mass is 16.5. The Morgan fingerprint density at radius 2 is 2.09 bits per heavy atom. The Hall–Kier alpha value is -2.50. The fourth-order valence-corrected chi connectivity index (χ4v) is 2.52. The lowest BCUT2D eigenvalue weighted by molar-refractivity contribution is 0.0600. The Morgan fingerprint density at radius 3 is 2.68 bits per heavy atom. The van der Waals surface area contributed by atoms with E-state index in [2.05, 4.69) is 24.2 Å². The number of nitrogens with zero attached hydrogens (tertiary/aromatic N) is 3. The summed E-state index contributed by atoms with van der Waals surface area (Å²) in [4.78, 5) is 22.9. The van der Waals surface area contributed by atoms with Crippen LogP contribution in [0.25, 0.3) is 5.69 Å². The third-order valence-corrected chi connectivity index (χ3v) is 3.73. The number of benzene rings is 1. The number of esters is 1. The summed E-state index contributed by atoms with van der Waals surface area (Å²) in [6.45, 7) is 4.12. The molecule has 2 aromatic rings. The van der Waals surface area contributed by atoms with E-state index in [9.17, 15) is 9.59 Å². The quantitative estimate of drug-likeness (QED) is 0.606. The Bertz CT molecular complexity index is 675. The minimum atomic E-state index is -0.415. The van der Waals surface area contributed by atoms with Crippen molar-refractivity contribution in [3.63, 3.8) is 0 Å². The molecule has 0 aliphatic rings. The van der Waals surface area contributed by atoms with E-state index < -0.39 is 5.97 Å². The van der Waals surface area contributed by atoms with Crippen molar-refractivity contribution in [1.82, 2.24) is 15.0 Å². The molecule has 6 heteroatoms. The fourth-order valence-electron chi connectivity index (χ4n) is 2.52. The molecule has 0 aliphatic carbocycles. The molecule has 0 bridgehead atoms. The van der Waals surface area contributed by atoms with Crippen molar-refractivity contribution in [3.05, 3.63) is 41.2 Å². The number of hydrogen-bond acceptors (Lipinski definition) is 5. The summed E-state index contributed by atoms with van der Waals surface area (Å²) in [5, 5.41) is 8.03. The van der Waals surface area contributed by atoms with Crippen LogP contribution in [0.5, 0.6) is 0 Å². The molecule has 1 aromatic heterocycles. The zero-order chi connectivity index (χ0) is 16.1. The van der Waals surface area contributed by atoms with Crippen LogP contribution in [0, 0.1) is 0 Å². The largest absolute Gasteiger partial charge is 0.465 e. The molecule has 2 rings (SSSR count). The Morgan fingerprint density at radius 1 is 1.36 bits per heavy atom. The number of rotatable bonds is 6. The topological polar surface area (TPSA) is 74.1 Å². The van der Waals surface area contributed by atoms with Gasteiger partial charge in [-0.1, -0.05) is 25.1 Å². The second-order valence-corrected chi connectivity index (χ2v) is 4.94. The molecule has 0 N–H and O–H groups in total. The maximum atomic E-state index is 11.7. The number of carbonyl (C=O) groups is 2. The normalized spacial score (nSPS) is 10.7. The Balaban J connectivity index is 2.55. The van der Waals surface area contributed by atoms with Crippen LogP contribution in [-0.2, 0) is 4.74 Å².